The normalized spacial score (nSPS) is 16.9. The van der Waals surface area contributed by atoms with Gasteiger partial charge in [-0.05, 0) is 30.5 Å². The highest BCUT2D eigenvalue weighted by Crippen LogP contribution is 2.22. The summed E-state index contributed by atoms with van der Waals surface area (Å²) in [6.07, 6.45) is 0.658. The quantitative estimate of drug-likeness (QED) is 0.805. The standard InChI is InChI=1S/C15H19NO6S/c1-22-15(19)13-4-2-11(3-5-13)10-23(20,21)16-8-6-12(7-9-16)14(17)18/h2-5,12H,6-10H2,1H3,(H,17,18). The Bertz CT molecular complexity index is 674. The van der Waals surface area contributed by atoms with Gasteiger partial charge in [0.05, 0.1) is 24.3 Å². The molecule has 1 aliphatic rings. The molecule has 1 heterocycles. The SMILES string of the molecule is COC(=O)c1ccc(CS(=O)(=O)N2CCC(C(=O)O)CC2)cc1. The fraction of sp³-hybridized carbons (Fsp3) is 0.467. The molecule has 1 N–H and O–H groups in total. The molecule has 8 heteroatoms. The van der Waals surface area contributed by atoms with Crippen molar-refractivity contribution in [1.29, 1.82) is 0 Å². The molecule has 1 saturated heterocycles. The summed E-state index contributed by atoms with van der Waals surface area (Å²) in [5.41, 5.74) is 0.925. The summed E-state index contributed by atoms with van der Waals surface area (Å²) in [4.78, 5) is 22.3. The minimum atomic E-state index is -3.50. The summed E-state index contributed by atoms with van der Waals surface area (Å²) in [6.45, 7) is 0.444. The Morgan fingerprint density at radius 2 is 1.78 bits per heavy atom. The number of piperidine rings is 1. The third kappa shape index (κ3) is 4.29. The number of esters is 1. The van der Waals surface area contributed by atoms with Crippen LogP contribution in [0.3, 0.4) is 0 Å². The largest absolute Gasteiger partial charge is 0.481 e. The monoisotopic (exact) mass is 341 g/mol. The number of methoxy groups -OCH3 is 1. The summed E-state index contributed by atoms with van der Waals surface area (Å²) < 4.78 is 30.7. The number of carboxylic acid groups (broad SMARTS) is 1. The Balaban J connectivity index is 2.01. The van der Waals surface area contributed by atoms with Crippen LogP contribution in [0.1, 0.15) is 28.8 Å². The second-order valence-electron chi connectivity index (χ2n) is 5.46. The molecule has 1 aromatic rings. The first-order valence-electron chi connectivity index (χ1n) is 7.21. The van der Waals surface area contributed by atoms with E-state index in [9.17, 15) is 18.0 Å². The van der Waals surface area contributed by atoms with Gasteiger partial charge in [0.1, 0.15) is 0 Å². The number of carbonyl (C=O) groups excluding carboxylic acids is 1. The second-order valence-corrected chi connectivity index (χ2v) is 7.43. The predicted molar refractivity (Wildman–Crippen MR) is 82.3 cm³/mol. The Morgan fingerprint density at radius 3 is 2.26 bits per heavy atom. The zero-order valence-corrected chi connectivity index (χ0v) is 13.6. The molecule has 0 spiro atoms. The number of nitrogens with zero attached hydrogens (tertiary/aromatic N) is 1. The highest BCUT2D eigenvalue weighted by Gasteiger charge is 2.30. The van der Waals surface area contributed by atoms with Crippen LogP contribution < -0.4 is 0 Å². The van der Waals surface area contributed by atoms with Gasteiger partial charge in [-0.25, -0.2) is 17.5 Å². The van der Waals surface area contributed by atoms with E-state index in [2.05, 4.69) is 4.74 Å². The maximum absolute atomic E-state index is 12.4. The molecule has 0 amide bonds. The molecule has 1 aliphatic heterocycles. The summed E-state index contributed by atoms with van der Waals surface area (Å²) in [6, 6.07) is 6.20. The first-order valence-corrected chi connectivity index (χ1v) is 8.82. The van der Waals surface area contributed by atoms with Crippen molar-refractivity contribution in [3.05, 3.63) is 35.4 Å². The number of hydrogen-bond acceptors (Lipinski definition) is 5. The predicted octanol–water partition coefficient (Wildman–Crippen LogP) is 1.10. The minimum absolute atomic E-state index is 0.174. The first kappa shape index (κ1) is 17.4. The van der Waals surface area contributed by atoms with Crippen LogP contribution in [0.15, 0.2) is 24.3 Å². The molecule has 7 nitrogen and oxygen atoms in total. The van der Waals surface area contributed by atoms with Crippen LogP contribution >= 0.6 is 0 Å². The van der Waals surface area contributed by atoms with E-state index in [0.29, 0.717) is 24.0 Å². The number of aliphatic carboxylic acids is 1. The van der Waals surface area contributed by atoms with E-state index in [1.54, 1.807) is 12.1 Å². The molecule has 1 aromatic carbocycles. The smallest absolute Gasteiger partial charge is 0.337 e. The van der Waals surface area contributed by atoms with Crippen LogP contribution in [-0.2, 0) is 25.3 Å². The zero-order valence-electron chi connectivity index (χ0n) is 12.8. The van der Waals surface area contributed by atoms with Gasteiger partial charge in [-0.3, -0.25) is 4.79 Å². The van der Waals surface area contributed by atoms with Crippen LogP contribution in [-0.4, -0.2) is 50.0 Å². The highest BCUT2D eigenvalue weighted by molar-refractivity contribution is 7.88. The van der Waals surface area contributed by atoms with E-state index in [4.69, 9.17) is 5.11 Å². The lowest BCUT2D eigenvalue weighted by Crippen LogP contribution is -2.40. The number of ether oxygens (including phenoxy) is 1. The topological polar surface area (TPSA) is 101 Å². The van der Waals surface area contributed by atoms with Crippen LogP contribution in [0, 0.1) is 5.92 Å². The summed E-state index contributed by atoms with van der Waals surface area (Å²) >= 11 is 0. The van der Waals surface area contributed by atoms with Crippen LogP contribution in [0.5, 0.6) is 0 Å². The molecule has 0 aliphatic carbocycles. The fourth-order valence-electron chi connectivity index (χ4n) is 2.54. The number of sulfonamides is 1. The average molecular weight is 341 g/mol. The van der Waals surface area contributed by atoms with E-state index >= 15 is 0 Å². The molecular weight excluding hydrogens is 322 g/mol. The van der Waals surface area contributed by atoms with Crippen molar-refractivity contribution in [1.82, 2.24) is 4.31 Å². The lowest BCUT2D eigenvalue weighted by Gasteiger charge is -2.29. The molecule has 0 radical (unpaired) electrons. The van der Waals surface area contributed by atoms with E-state index < -0.39 is 27.9 Å². The lowest BCUT2D eigenvalue weighted by molar-refractivity contribution is -0.142. The molecule has 126 valence electrons. The van der Waals surface area contributed by atoms with Crippen molar-refractivity contribution >= 4 is 22.0 Å². The van der Waals surface area contributed by atoms with Gasteiger partial charge in [-0.15, -0.1) is 0 Å². The van der Waals surface area contributed by atoms with Crippen molar-refractivity contribution in [3.63, 3.8) is 0 Å². The second kappa shape index (κ2) is 7.10. The highest BCUT2D eigenvalue weighted by atomic mass is 32.2. The number of rotatable bonds is 5. The third-order valence-electron chi connectivity index (χ3n) is 3.92. The average Bonchev–Trinajstić information content (AvgIpc) is 2.54. The molecule has 0 aromatic heterocycles. The molecule has 0 atom stereocenters. The molecule has 0 saturated carbocycles. The van der Waals surface area contributed by atoms with E-state index in [0.717, 1.165) is 0 Å². The molecule has 1 fully saturated rings. The van der Waals surface area contributed by atoms with Gasteiger partial charge in [0.25, 0.3) is 0 Å². The summed E-state index contributed by atoms with van der Waals surface area (Å²) in [5, 5.41) is 8.95. The molecule has 23 heavy (non-hydrogen) atoms. The molecule has 0 bridgehead atoms. The zero-order chi connectivity index (χ0) is 17.0. The first-order chi connectivity index (χ1) is 10.8. The van der Waals surface area contributed by atoms with Crippen molar-refractivity contribution in [2.45, 2.75) is 18.6 Å². The maximum atomic E-state index is 12.4. The van der Waals surface area contributed by atoms with Gasteiger partial charge in [-0.2, -0.15) is 0 Å². The van der Waals surface area contributed by atoms with Crippen molar-refractivity contribution in [2.75, 3.05) is 20.2 Å². The van der Waals surface area contributed by atoms with Gasteiger partial charge < -0.3 is 9.84 Å². The Labute approximate surface area is 134 Å². The fourth-order valence-corrected chi connectivity index (χ4v) is 4.10. The number of benzene rings is 1. The van der Waals surface area contributed by atoms with Gasteiger partial charge in [-0.1, -0.05) is 12.1 Å². The van der Waals surface area contributed by atoms with Gasteiger partial charge in [0.2, 0.25) is 10.0 Å². The molecule has 0 unspecified atom stereocenters. The number of carbonyl (C=O) groups is 2. The molecular formula is C15H19NO6S. The van der Waals surface area contributed by atoms with Crippen LogP contribution in [0.25, 0.3) is 0 Å². The van der Waals surface area contributed by atoms with Crippen LogP contribution in [0.4, 0.5) is 0 Å². The third-order valence-corrected chi connectivity index (χ3v) is 5.77. The number of carboxylic acids is 1. The van der Waals surface area contributed by atoms with E-state index in [1.165, 1.54) is 23.5 Å². The summed E-state index contributed by atoms with van der Waals surface area (Å²) in [5.74, 6) is -2.00. The summed E-state index contributed by atoms with van der Waals surface area (Å²) in [7, 11) is -2.22. The lowest BCUT2D eigenvalue weighted by atomic mass is 9.99. The van der Waals surface area contributed by atoms with Gasteiger partial charge in [0.15, 0.2) is 0 Å². The Hall–Kier alpha value is -1.93. The molecule has 2 rings (SSSR count). The van der Waals surface area contributed by atoms with Gasteiger partial charge >= 0.3 is 11.9 Å². The Kier molecular flexibility index (Phi) is 5.38. The Morgan fingerprint density at radius 1 is 1.22 bits per heavy atom. The number of hydrogen-bond donors (Lipinski definition) is 1. The van der Waals surface area contributed by atoms with Crippen LogP contribution in [0.2, 0.25) is 0 Å². The maximum Gasteiger partial charge on any atom is 0.337 e. The van der Waals surface area contributed by atoms with E-state index in [-0.39, 0.29) is 18.8 Å². The van der Waals surface area contributed by atoms with Gasteiger partial charge in [0, 0.05) is 13.1 Å². The van der Waals surface area contributed by atoms with E-state index in [1.807, 2.05) is 0 Å². The van der Waals surface area contributed by atoms with Crippen molar-refractivity contribution < 1.29 is 27.9 Å². The van der Waals surface area contributed by atoms with Crippen molar-refractivity contribution in [2.24, 2.45) is 5.92 Å². The van der Waals surface area contributed by atoms with Crippen molar-refractivity contribution in [3.8, 4) is 0 Å². The minimum Gasteiger partial charge on any atom is -0.481 e.